The first-order valence-electron chi connectivity index (χ1n) is 13.6. The number of methoxy groups -OCH3 is 2. The molecule has 210 valence electrons. The second-order valence-corrected chi connectivity index (χ2v) is 10.0. The Kier molecular flexibility index (Phi) is 7.43. The van der Waals surface area contributed by atoms with Crippen LogP contribution in [0.5, 0.6) is 11.5 Å². The number of pyridine rings is 1. The molecule has 2 aromatic heterocycles. The molecule has 2 amide bonds. The van der Waals surface area contributed by atoms with Crippen LogP contribution in [0.3, 0.4) is 0 Å². The van der Waals surface area contributed by atoms with E-state index in [0.717, 1.165) is 39.4 Å². The minimum absolute atomic E-state index is 0.157. The second-order valence-electron chi connectivity index (χ2n) is 10.0. The lowest BCUT2D eigenvalue weighted by Gasteiger charge is -2.23. The van der Waals surface area contributed by atoms with Gasteiger partial charge in [0, 0.05) is 41.4 Å². The number of carbonyl (C=O) groups is 2. The Hall–Kier alpha value is -5.37. The molecule has 1 N–H and O–H groups in total. The number of amides is 2. The van der Waals surface area contributed by atoms with Crippen LogP contribution < -0.4 is 19.7 Å². The molecule has 0 aliphatic carbocycles. The van der Waals surface area contributed by atoms with Crippen LogP contribution in [0, 0.1) is 0 Å². The Labute approximate surface area is 244 Å². The number of aromatic nitrogens is 2. The Balaban J connectivity index is 1.31. The molecular weight excluding hydrogens is 528 g/mol. The third-order valence-electron chi connectivity index (χ3n) is 7.48. The largest absolute Gasteiger partial charge is 0.497 e. The van der Waals surface area contributed by atoms with Crippen molar-refractivity contribution in [2.75, 3.05) is 19.1 Å². The first-order chi connectivity index (χ1) is 20.6. The monoisotopic (exact) mass is 558 g/mol. The number of fused-ring (bicyclic) bond motifs is 2. The van der Waals surface area contributed by atoms with Crippen molar-refractivity contribution >= 4 is 17.5 Å². The third-order valence-corrected chi connectivity index (χ3v) is 7.48. The number of hydrogen-bond acceptors (Lipinski definition) is 5. The van der Waals surface area contributed by atoms with E-state index in [1.54, 1.807) is 37.6 Å². The van der Waals surface area contributed by atoms with E-state index < -0.39 is 0 Å². The summed E-state index contributed by atoms with van der Waals surface area (Å²) < 4.78 is 13.1. The predicted molar refractivity (Wildman–Crippen MR) is 161 cm³/mol. The summed E-state index contributed by atoms with van der Waals surface area (Å²) in [4.78, 5) is 33.2. The Morgan fingerprint density at radius 2 is 1.76 bits per heavy atom. The SMILES string of the molecule is COc1cccc(-c2ccc(C(=O)N3Cc4ccc(C(=O)NCc5cccnc5)n4Cc4ccccc43)cc2OC)c1. The van der Waals surface area contributed by atoms with Crippen molar-refractivity contribution in [2.45, 2.75) is 19.6 Å². The summed E-state index contributed by atoms with van der Waals surface area (Å²) in [6, 6.07) is 28.5. The van der Waals surface area contributed by atoms with Crippen molar-refractivity contribution in [1.82, 2.24) is 14.9 Å². The molecule has 0 atom stereocenters. The number of anilines is 1. The molecule has 0 radical (unpaired) electrons. The standard InChI is InChI=1S/C34H30N4O4/c1-41-28-10-5-9-24(17-28)29-14-12-25(18-32(29)42-2)34(40)38-22-27-13-15-31(33(39)36-20-23-7-6-16-35-19-23)37(27)21-26-8-3-4-11-30(26)38/h3-19H,20-22H2,1-2H3,(H,36,39). The Morgan fingerprint density at radius 3 is 2.57 bits per heavy atom. The molecule has 5 aromatic rings. The molecule has 0 unspecified atom stereocenters. The number of carbonyl (C=O) groups excluding carboxylic acids is 2. The van der Waals surface area contributed by atoms with Gasteiger partial charge in [0.15, 0.2) is 0 Å². The minimum Gasteiger partial charge on any atom is -0.497 e. The van der Waals surface area contributed by atoms with Crippen LogP contribution in [0.1, 0.15) is 37.7 Å². The zero-order valence-corrected chi connectivity index (χ0v) is 23.4. The van der Waals surface area contributed by atoms with Gasteiger partial charge >= 0.3 is 0 Å². The summed E-state index contributed by atoms with van der Waals surface area (Å²) in [7, 11) is 3.23. The van der Waals surface area contributed by atoms with Crippen LogP contribution in [0.25, 0.3) is 11.1 Å². The van der Waals surface area contributed by atoms with Crippen LogP contribution >= 0.6 is 0 Å². The maximum Gasteiger partial charge on any atom is 0.268 e. The molecule has 42 heavy (non-hydrogen) atoms. The predicted octanol–water partition coefficient (Wildman–Crippen LogP) is 5.71. The highest BCUT2D eigenvalue weighted by molar-refractivity contribution is 6.07. The van der Waals surface area contributed by atoms with Crippen LogP contribution in [0.15, 0.2) is 103 Å². The molecule has 8 nitrogen and oxygen atoms in total. The quantitative estimate of drug-likeness (QED) is 0.277. The number of nitrogens with zero attached hydrogens (tertiary/aromatic N) is 3. The summed E-state index contributed by atoms with van der Waals surface area (Å²) in [5.74, 6) is 0.993. The topological polar surface area (TPSA) is 85.7 Å². The van der Waals surface area contributed by atoms with Gasteiger partial charge in [-0.05, 0) is 71.3 Å². The number of benzene rings is 3. The molecule has 1 aliphatic rings. The van der Waals surface area contributed by atoms with Gasteiger partial charge in [-0.2, -0.15) is 0 Å². The van der Waals surface area contributed by atoms with Crippen molar-refractivity contribution in [3.63, 3.8) is 0 Å². The van der Waals surface area contributed by atoms with E-state index in [9.17, 15) is 9.59 Å². The molecule has 3 heterocycles. The van der Waals surface area contributed by atoms with Gasteiger partial charge < -0.3 is 24.3 Å². The summed E-state index contributed by atoms with van der Waals surface area (Å²) in [6.45, 7) is 1.16. The molecule has 3 aromatic carbocycles. The smallest absolute Gasteiger partial charge is 0.268 e. The minimum atomic E-state index is -0.180. The molecule has 8 heteroatoms. The highest BCUT2D eigenvalue weighted by Crippen LogP contribution is 2.35. The molecular formula is C34H30N4O4. The van der Waals surface area contributed by atoms with Gasteiger partial charge in [-0.15, -0.1) is 0 Å². The summed E-state index contributed by atoms with van der Waals surface area (Å²) in [5, 5.41) is 2.99. The molecule has 0 saturated heterocycles. The van der Waals surface area contributed by atoms with Gasteiger partial charge in [-0.25, -0.2) is 0 Å². The zero-order chi connectivity index (χ0) is 29.1. The van der Waals surface area contributed by atoms with Gasteiger partial charge in [0.25, 0.3) is 11.8 Å². The van der Waals surface area contributed by atoms with Gasteiger partial charge in [-0.1, -0.05) is 36.4 Å². The lowest BCUT2D eigenvalue weighted by Crippen LogP contribution is -2.30. The van der Waals surface area contributed by atoms with Gasteiger partial charge in [0.1, 0.15) is 17.2 Å². The summed E-state index contributed by atoms with van der Waals surface area (Å²) in [6.07, 6.45) is 3.44. The highest BCUT2D eigenvalue weighted by Gasteiger charge is 2.28. The van der Waals surface area contributed by atoms with E-state index in [1.807, 2.05) is 89.5 Å². The fourth-order valence-corrected chi connectivity index (χ4v) is 5.32. The molecule has 0 spiro atoms. The van der Waals surface area contributed by atoms with Crippen LogP contribution in [-0.4, -0.2) is 35.6 Å². The Bertz CT molecular complexity index is 1760. The van der Waals surface area contributed by atoms with Crippen molar-refractivity contribution in [2.24, 2.45) is 0 Å². The van der Waals surface area contributed by atoms with Crippen molar-refractivity contribution in [1.29, 1.82) is 0 Å². The van der Waals surface area contributed by atoms with E-state index in [4.69, 9.17) is 9.47 Å². The fraction of sp³-hybridized carbons (Fsp3) is 0.147. The normalized spacial score (nSPS) is 12.1. The van der Waals surface area contributed by atoms with Gasteiger partial charge in [0.2, 0.25) is 0 Å². The lowest BCUT2D eigenvalue weighted by atomic mass is 10.0. The molecule has 6 rings (SSSR count). The first-order valence-corrected chi connectivity index (χ1v) is 13.6. The van der Waals surface area contributed by atoms with Gasteiger partial charge in [0.05, 0.1) is 27.3 Å². The van der Waals surface area contributed by atoms with Crippen LogP contribution in [0.4, 0.5) is 5.69 Å². The highest BCUT2D eigenvalue weighted by atomic mass is 16.5. The van der Waals surface area contributed by atoms with E-state index in [-0.39, 0.29) is 11.8 Å². The van der Waals surface area contributed by atoms with E-state index in [1.165, 1.54) is 0 Å². The van der Waals surface area contributed by atoms with Gasteiger partial charge in [-0.3, -0.25) is 14.6 Å². The fourth-order valence-electron chi connectivity index (χ4n) is 5.32. The maximum absolute atomic E-state index is 14.1. The molecule has 1 aliphatic heterocycles. The number of nitrogens with one attached hydrogen (secondary N) is 1. The average molecular weight is 559 g/mol. The van der Waals surface area contributed by atoms with Crippen LogP contribution in [-0.2, 0) is 19.6 Å². The Morgan fingerprint density at radius 1 is 0.881 bits per heavy atom. The summed E-state index contributed by atoms with van der Waals surface area (Å²) >= 11 is 0. The number of ether oxygens (including phenoxy) is 2. The number of para-hydroxylation sites is 1. The van der Waals surface area contributed by atoms with E-state index in [2.05, 4.69) is 10.3 Å². The second kappa shape index (κ2) is 11.6. The lowest BCUT2D eigenvalue weighted by molar-refractivity contribution is 0.0941. The van der Waals surface area contributed by atoms with E-state index in [0.29, 0.717) is 36.6 Å². The molecule has 0 bridgehead atoms. The maximum atomic E-state index is 14.1. The summed E-state index contributed by atoms with van der Waals surface area (Å²) in [5.41, 5.74) is 6.38. The van der Waals surface area contributed by atoms with Crippen molar-refractivity contribution in [3.05, 3.63) is 131 Å². The van der Waals surface area contributed by atoms with Crippen molar-refractivity contribution < 1.29 is 19.1 Å². The number of hydrogen-bond donors (Lipinski definition) is 1. The van der Waals surface area contributed by atoms with E-state index >= 15 is 0 Å². The van der Waals surface area contributed by atoms with Crippen molar-refractivity contribution in [3.8, 4) is 22.6 Å². The third kappa shape index (κ3) is 5.22. The molecule has 0 saturated carbocycles. The first kappa shape index (κ1) is 26.8. The van der Waals surface area contributed by atoms with Crippen LogP contribution in [0.2, 0.25) is 0 Å². The molecule has 0 fully saturated rings. The average Bonchev–Trinajstić information content (AvgIpc) is 3.36. The number of rotatable bonds is 7. The zero-order valence-electron chi connectivity index (χ0n) is 23.4.